The second kappa shape index (κ2) is 4.52. The number of sulfonamides is 1. The number of rotatable bonds is 4. The first-order valence-corrected chi connectivity index (χ1v) is 6.04. The van der Waals surface area contributed by atoms with Gasteiger partial charge in [-0.1, -0.05) is 25.1 Å². The fourth-order valence-electron chi connectivity index (χ4n) is 1.11. The van der Waals surface area contributed by atoms with E-state index in [1.165, 1.54) is 12.1 Å². The Balaban J connectivity index is 2.91. The van der Waals surface area contributed by atoms with E-state index in [-0.39, 0.29) is 11.4 Å². The third-order valence-electron chi connectivity index (χ3n) is 1.75. The van der Waals surface area contributed by atoms with Crippen molar-refractivity contribution >= 4 is 15.7 Å². The molecule has 0 radical (unpaired) electrons. The van der Waals surface area contributed by atoms with Gasteiger partial charge in [-0.3, -0.25) is 0 Å². The summed E-state index contributed by atoms with van der Waals surface area (Å²) >= 11 is 0. The molecule has 5 heteroatoms. The molecule has 0 heterocycles. The summed E-state index contributed by atoms with van der Waals surface area (Å²) in [7, 11) is -3.71. The minimum Gasteiger partial charge on any atom is -0.170 e. The van der Waals surface area contributed by atoms with E-state index < -0.39 is 14.6 Å². The van der Waals surface area contributed by atoms with E-state index in [0.717, 1.165) is 0 Å². The maximum absolute atomic E-state index is 13.4. The number of benzene rings is 1. The van der Waals surface area contributed by atoms with Crippen LogP contribution in [0.15, 0.2) is 30.3 Å². The number of quaternary nitrogens is 1. The second-order valence-corrected chi connectivity index (χ2v) is 4.95. The van der Waals surface area contributed by atoms with Crippen molar-refractivity contribution in [1.82, 2.24) is 0 Å². The van der Waals surface area contributed by atoms with Crippen LogP contribution in [0.2, 0.25) is 0 Å². The molecule has 0 amide bonds. The lowest BCUT2D eigenvalue weighted by Gasteiger charge is -2.05. The molecule has 1 aromatic rings. The van der Waals surface area contributed by atoms with Crippen LogP contribution in [-0.4, -0.2) is 14.2 Å². The van der Waals surface area contributed by atoms with Crippen LogP contribution in [0, 0.1) is 0 Å². The second-order valence-electron chi connectivity index (χ2n) is 2.96. The fraction of sp³-hybridized carbons (Fsp3) is 0.333. The monoisotopic (exact) mass is 218 g/mol. The summed E-state index contributed by atoms with van der Waals surface area (Å²) < 4.78 is 35.0. The Morgan fingerprint density at radius 1 is 1.29 bits per heavy atom. The van der Waals surface area contributed by atoms with Crippen LogP contribution in [0.25, 0.3) is 0 Å². The van der Waals surface area contributed by atoms with E-state index in [1.807, 2.05) is 0 Å². The molecule has 0 aromatic heterocycles. The van der Waals surface area contributed by atoms with Crippen molar-refractivity contribution in [1.29, 1.82) is 0 Å². The highest BCUT2D eigenvalue weighted by molar-refractivity contribution is 7.85. The predicted molar refractivity (Wildman–Crippen MR) is 52.3 cm³/mol. The first kappa shape index (κ1) is 11.1. The standard InChI is InChI=1S/C9H12FNO2S/c1-2-8-14(12,13)11(10)9-6-4-3-5-7-9/h3-7H,2,8H2,1H3/p+1. The number of hydrogen-bond donors (Lipinski definition) is 1. The Morgan fingerprint density at radius 2 is 1.86 bits per heavy atom. The van der Waals surface area contributed by atoms with Gasteiger partial charge < -0.3 is 0 Å². The SMILES string of the molecule is CCCS(=O)(=O)[NH+](F)c1ccccc1. The highest BCUT2D eigenvalue weighted by Crippen LogP contribution is 2.01. The molecule has 0 aliphatic rings. The van der Waals surface area contributed by atoms with Crippen LogP contribution in [0.4, 0.5) is 10.2 Å². The van der Waals surface area contributed by atoms with Crippen molar-refractivity contribution in [2.75, 3.05) is 5.75 Å². The van der Waals surface area contributed by atoms with Gasteiger partial charge >= 0.3 is 10.0 Å². The van der Waals surface area contributed by atoms with Gasteiger partial charge in [-0.15, -0.1) is 0 Å². The largest absolute Gasteiger partial charge is 0.335 e. The Morgan fingerprint density at radius 3 is 2.36 bits per heavy atom. The topological polar surface area (TPSA) is 38.6 Å². The summed E-state index contributed by atoms with van der Waals surface area (Å²) in [6.45, 7) is 1.70. The van der Waals surface area contributed by atoms with Crippen LogP contribution in [0.1, 0.15) is 13.3 Å². The van der Waals surface area contributed by atoms with E-state index in [0.29, 0.717) is 6.42 Å². The molecule has 0 spiro atoms. The summed E-state index contributed by atoms with van der Waals surface area (Å²) in [5.41, 5.74) is 0.126. The van der Waals surface area contributed by atoms with Gasteiger partial charge in [0.1, 0.15) is 5.75 Å². The Hall–Kier alpha value is -0.940. The van der Waals surface area contributed by atoms with Crippen LogP contribution in [0.5, 0.6) is 0 Å². The summed E-state index contributed by atoms with van der Waals surface area (Å²) in [5.74, 6) is -0.145. The number of nitrogens with one attached hydrogen (secondary N) is 1. The minimum atomic E-state index is -3.71. The van der Waals surface area contributed by atoms with Crippen molar-refractivity contribution in [2.24, 2.45) is 0 Å². The molecule has 0 fully saturated rings. The first-order valence-electron chi connectivity index (χ1n) is 4.38. The van der Waals surface area contributed by atoms with E-state index >= 15 is 0 Å². The molecule has 1 unspecified atom stereocenters. The molecule has 0 bridgehead atoms. The lowest BCUT2D eigenvalue weighted by Crippen LogP contribution is -3.02. The molecule has 3 nitrogen and oxygen atoms in total. The van der Waals surface area contributed by atoms with Gasteiger partial charge in [0, 0.05) is 16.6 Å². The van der Waals surface area contributed by atoms with Crippen LogP contribution in [0.3, 0.4) is 0 Å². The van der Waals surface area contributed by atoms with Gasteiger partial charge in [0.15, 0.2) is 5.69 Å². The molecule has 1 N–H and O–H groups in total. The third-order valence-corrected chi connectivity index (χ3v) is 3.47. The molecule has 78 valence electrons. The first-order chi connectivity index (χ1) is 6.58. The molecule has 1 rings (SSSR count). The minimum absolute atomic E-state index is 0.126. The zero-order valence-corrected chi connectivity index (χ0v) is 8.72. The molecule has 14 heavy (non-hydrogen) atoms. The maximum atomic E-state index is 13.4. The number of halogens is 1. The van der Waals surface area contributed by atoms with Crippen LogP contribution in [-0.2, 0) is 10.0 Å². The average Bonchev–Trinajstić information content (AvgIpc) is 2.18. The van der Waals surface area contributed by atoms with Gasteiger partial charge in [-0.2, -0.15) is 8.42 Å². The van der Waals surface area contributed by atoms with Gasteiger partial charge in [-0.05, 0) is 10.9 Å². The summed E-state index contributed by atoms with van der Waals surface area (Å²) in [6, 6.07) is 7.82. The molecule has 0 saturated heterocycles. The number of hydrogen-bond acceptors (Lipinski definition) is 2. The lowest BCUT2D eigenvalue weighted by atomic mass is 10.3. The molecular weight excluding hydrogens is 205 g/mol. The Bertz CT molecular complexity index is 377. The average molecular weight is 218 g/mol. The highest BCUT2D eigenvalue weighted by Gasteiger charge is 2.27. The van der Waals surface area contributed by atoms with Crippen molar-refractivity contribution in [3.63, 3.8) is 0 Å². The molecule has 0 saturated carbocycles. The molecule has 1 aromatic carbocycles. The lowest BCUT2D eigenvalue weighted by molar-refractivity contribution is -0.861. The van der Waals surface area contributed by atoms with Crippen molar-refractivity contribution in [2.45, 2.75) is 13.3 Å². The Kier molecular flexibility index (Phi) is 3.60. The third kappa shape index (κ3) is 2.52. The quantitative estimate of drug-likeness (QED) is 0.760. The van der Waals surface area contributed by atoms with Crippen molar-refractivity contribution in [3.8, 4) is 0 Å². The van der Waals surface area contributed by atoms with Crippen molar-refractivity contribution < 1.29 is 17.4 Å². The highest BCUT2D eigenvalue weighted by atomic mass is 32.2. The van der Waals surface area contributed by atoms with E-state index in [1.54, 1.807) is 25.1 Å². The molecule has 0 aliphatic heterocycles. The van der Waals surface area contributed by atoms with E-state index in [9.17, 15) is 12.9 Å². The smallest absolute Gasteiger partial charge is 0.170 e. The zero-order valence-electron chi connectivity index (χ0n) is 7.90. The van der Waals surface area contributed by atoms with Gasteiger partial charge in [0.05, 0.1) is 0 Å². The van der Waals surface area contributed by atoms with E-state index in [4.69, 9.17) is 0 Å². The van der Waals surface area contributed by atoms with Gasteiger partial charge in [0.2, 0.25) is 0 Å². The van der Waals surface area contributed by atoms with Gasteiger partial charge in [0.25, 0.3) is 0 Å². The summed E-state index contributed by atoms with van der Waals surface area (Å²) in [6.07, 6.45) is 0.419. The Labute approximate surface area is 83.1 Å². The molecule has 1 atom stereocenters. The molecule has 0 aliphatic carbocycles. The van der Waals surface area contributed by atoms with Crippen molar-refractivity contribution in [3.05, 3.63) is 30.3 Å². The zero-order chi connectivity index (χ0) is 10.6. The summed E-state index contributed by atoms with van der Waals surface area (Å²) in [5, 5.41) is 0. The fourth-order valence-corrected chi connectivity index (χ4v) is 2.32. The summed E-state index contributed by atoms with van der Waals surface area (Å²) in [4.78, 5) is 0. The van der Waals surface area contributed by atoms with Gasteiger partial charge in [-0.25, -0.2) is 0 Å². The van der Waals surface area contributed by atoms with E-state index in [2.05, 4.69) is 0 Å². The van der Waals surface area contributed by atoms with Crippen LogP contribution < -0.4 is 4.53 Å². The van der Waals surface area contributed by atoms with Crippen LogP contribution >= 0.6 is 0 Å². The predicted octanol–water partition coefficient (Wildman–Crippen LogP) is 0.827. The normalized spacial score (nSPS) is 13.9. The maximum Gasteiger partial charge on any atom is 0.335 e. The molecular formula is C9H13FNO2S+.